The van der Waals surface area contributed by atoms with E-state index >= 15 is 0 Å². The van der Waals surface area contributed by atoms with E-state index in [9.17, 15) is 0 Å². The Labute approximate surface area is 94.4 Å². The van der Waals surface area contributed by atoms with Crippen molar-refractivity contribution >= 4 is 11.8 Å². The maximum atomic E-state index is 3.62. The largest absolute Gasteiger partial charge is 0.313 e. The molecule has 0 spiro atoms. The van der Waals surface area contributed by atoms with Crippen molar-refractivity contribution in [2.45, 2.75) is 58.8 Å². The highest BCUT2D eigenvalue weighted by molar-refractivity contribution is 7.99. The molecule has 0 aliphatic rings. The molecule has 0 aromatic carbocycles. The lowest BCUT2D eigenvalue weighted by atomic mass is 10.1. The lowest BCUT2D eigenvalue weighted by Gasteiger charge is -2.24. The molecule has 0 rings (SSSR count). The van der Waals surface area contributed by atoms with Crippen molar-refractivity contribution in [3.63, 3.8) is 0 Å². The van der Waals surface area contributed by atoms with E-state index in [4.69, 9.17) is 0 Å². The summed E-state index contributed by atoms with van der Waals surface area (Å²) in [6, 6.07) is 0.693. The standard InChI is InChI=1S/C12H27NS/c1-6-8-13-12(7-2)11(5)14-9-10(3)4/h10-13H,6-9H2,1-5H3. The molecule has 2 atom stereocenters. The zero-order valence-electron chi connectivity index (χ0n) is 10.5. The molecule has 0 aliphatic heterocycles. The number of hydrogen-bond donors (Lipinski definition) is 1. The molecule has 0 heterocycles. The van der Waals surface area contributed by atoms with Crippen molar-refractivity contribution in [3.8, 4) is 0 Å². The van der Waals surface area contributed by atoms with Crippen LogP contribution in [0.5, 0.6) is 0 Å². The van der Waals surface area contributed by atoms with Crippen LogP contribution in [0, 0.1) is 5.92 Å². The van der Waals surface area contributed by atoms with Gasteiger partial charge in [-0.2, -0.15) is 11.8 Å². The predicted molar refractivity (Wildman–Crippen MR) is 69.1 cm³/mol. The van der Waals surface area contributed by atoms with Gasteiger partial charge in [0.2, 0.25) is 0 Å². The second kappa shape index (κ2) is 8.60. The lowest BCUT2D eigenvalue weighted by molar-refractivity contribution is 0.493. The molecule has 1 N–H and O–H groups in total. The number of thioether (sulfide) groups is 1. The van der Waals surface area contributed by atoms with E-state index < -0.39 is 0 Å². The van der Waals surface area contributed by atoms with Crippen molar-refractivity contribution < 1.29 is 0 Å². The summed E-state index contributed by atoms with van der Waals surface area (Å²) in [4.78, 5) is 0. The van der Waals surface area contributed by atoms with Crippen LogP contribution in [0.15, 0.2) is 0 Å². The summed E-state index contributed by atoms with van der Waals surface area (Å²) in [5.41, 5.74) is 0. The summed E-state index contributed by atoms with van der Waals surface area (Å²) in [6.07, 6.45) is 2.48. The highest BCUT2D eigenvalue weighted by Gasteiger charge is 2.14. The van der Waals surface area contributed by atoms with Gasteiger partial charge in [0, 0.05) is 11.3 Å². The molecule has 0 amide bonds. The topological polar surface area (TPSA) is 12.0 Å². The van der Waals surface area contributed by atoms with Crippen LogP contribution in [0.1, 0.15) is 47.5 Å². The van der Waals surface area contributed by atoms with Gasteiger partial charge in [0.1, 0.15) is 0 Å². The van der Waals surface area contributed by atoms with Gasteiger partial charge in [-0.3, -0.25) is 0 Å². The van der Waals surface area contributed by atoms with E-state index in [-0.39, 0.29) is 0 Å². The number of rotatable bonds is 8. The van der Waals surface area contributed by atoms with Crippen LogP contribution < -0.4 is 5.32 Å². The molecule has 0 radical (unpaired) electrons. The molecule has 0 aliphatic carbocycles. The van der Waals surface area contributed by atoms with Gasteiger partial charge < -0.3 is 5.32 Å². The van der Waals surface area contributed by atoms with Crippen LogP contribution in [-0.4, -0.2) is 23.6 Å². The van der Waals surface area contributed by atoms with E-state index in [1.54, 1.807) is 0 Å². The molecule has 14 heavy (non-hydrogen) atoms. The number of hydrogen-bond acceptors (Lipinski definition) is 2. The highest BCUT2D eigenvalue weighted by Crippen LogP contribution is 2.19. The van der Waals surface area contributed by atoms with Gasteiger partial charge in [-0.05, 0) is 31.1 Å². The Bertz CT molecular complexity index is 125. The Kier molecular flexibility index (Phi) is 8.80. The van der Waals surface area contributed by atoms with Gasteiger partial charge in [0.15, 0.2) is 0 Å². The summed E-state index contributed by atoms with van der Waals surface area (Å²) in [7, 11) is 0. The Balaban J connectivity index is 3.72. The summed E-state index contributed by atoms with van der Waals surface area (Å²) >= 11 is 2.11. The van der Waals surface area contributed by atoms with Crippen LogP contribution >= 0.6 is 11.8 Å². The van der Waals surface area contributed by atoms with Crippen molar-refractivity contribution in [3.05, 3.63) is 0 Å². The first kappa shape index (κ1) is 14.3. The van der Waals surface area contributed by atoms with Gasteiger partial charge in [-0.25, -0.2) is 0 Å². The molecule has 0 aromatic rings. The van der Waals surface area contributed by atoms with Crippen molar-refractivity contribution in [1.29, 1.82) is 0 Å². The predicted octanol–water partition coefficient (Wildman–Crippen LogP) is 3.54. The summed E-state index contributed by atoms with van der Waals surface area (Å²) in [5.74, 6) is 2.09. The molecule has 0 saturated heterocycles. The first-order valence-electron chi connectivity index (χ1n) is 5.96. The second-order valence-electron chi connectivity index (χ2n) is 4.40. The molecule has 0 saturated carbocycles. The van der Waals surface area contributed by atoms with Crippen LogP contribution in [0.25, 0.3) is 0 Å². The molecule has 0 bridgehead atoms. The van der Waals surface area contributed by atoms with Gasteiger partial charge in [0.05, 0.1) is 0 Å². The summed E-state index contributed by atoms with van der Waals surface area (Å²) in [5, 5.41) is 4.37. The summed E-state index contributed by atoms with van der Waals surface area (Å²) in [6.45, 7) is 12.6. The fourth-order valence-electron chi connectivity index (χ4n) is 1.43. The SMILES string of the molecule is CCCNC(CC)C(C)SCC(C)C. The minimum atomic E-state index is 0.693. The number of nitrogens with one attached hydrogen (secondary N) is 1. The zero-order chi connectivity index (χ0) is 11.0. The maximum absolute atomic E-state index is 3.62. The summed E-state index contributed by atoms with van der Waals surface area (Å²) < 4.78 is 0. The maximum Gasteiger partial charge on any atom is 0.0181 e. The minimum Gasteiger partial charge on any atom is -0.313 e. The molecular formula is C12H27NS. The van der Waals surface area contributed by atoms with E-state index in [0.29, 0.717) is 6.04 Å². The van der Waals surface area contributed by atoms with E-state index in [0.717, 1.165) is 17.7 Å². The van der Waals surface area contributed by atoms with Crippen molar-refractivity contribution in [2.75, 3.05) is 12.3 Å². The quantitative estimate of drug-likeness (QED) is 0.667. The minimum absolute atomic E-state index is 0.693. The molecule has 0 aromatic heterocycles. The van der Waals surface area contributed by atoms with E-state index in [1.807, 2.05) is 0 Å². The monoisotopic (exact) mass is 217 g/mol. The average molecular weight is 217 g/mol. The highest BCUT2D eigenvalue weighted by atomic mass is 32.2. The molecule has 0 fully saturated rings. The van der Waals surface area contributed by atoms with Crippen LogP contribution in [0.3, 0.4) is 0 Å². The Morgan fingerprint density at radius 2 is 1.79 bits per heavy atom. The first-order chi connectivity index (χ1) is 6.61. The fraction of sp³-hybridized carbons (Fsp3) is 1.00. The van der Waals surface area contributed by atoms with Crippen molar-refractivity contribution in [1.82, 2.24) is 5.32 Å². The normalized spacial score (nSPS) is 15.9. The second-order valence-corrected chi connectivity index (χ2v) is 5.81. The van der Waals surface area contributed by atoms with E-state index in [1.165, 1.54) is 18.6 Å². The smallest absolute Gasteiger partial charge is 0.0181 e. The molecular weight excluding hydrogens is 190 g/mol. The van der Waals surface area contributed by atoms with Gasteiger partial charge in [-0.15, -0.1) is 0 Å². The first-order valence-corrected chi connectivity index (χ1v) is 7.01. The molecule has 1 nitrogen and oxygen atoms in total. The molecule has 2 unspecified atom stereocenters. The molecule has 2 heteroatoms. The lowest BCUT2D eigenvalue weighted by Crippen LogP contribution is -2.36. The Morgan fingerprint density at radius 1 is 1.14 bits per heavy atom. The van der Waals surface area contributed by atoms with Gasteiger partial charge >= 0.3 is 0 Å². The fourth-order valence-corrected chi connectivity index (χ4v) is 2.64. The van der Waals surface area contributed by atoms with Crippen LogP contribution in [0.4, 0.5) is 0 Å². The van der Waals surface area contributed by atoms with E-state index in [2.05, 4.69) is 51.7 Å². The Morgan fingerprint density at radius 3 is 2.21 bits per heavy atom. The zero-order valence-corrected chi connectivity index (χ0v) is 11.3. The third-order valence-corrected chi connectivity index (χ3v) is 4.07. The third-order valence-electron chi connectivity index (χ3n) is 2.36. The average Bonchev–Trinajstić information content (AvgIpc) is 2.16. The van der Waals surface area contributed by atoms with Crippen LogP contribution in [0.2, 0.25) is 0 Å². The van der Waals surface area contributed by atoms with Gasteiger partial charge in [0.25, 0.3) is 0 Å². The van der Waals surface area contributed by atoms with Gasteiger partial charge in [-0.1, -0.05) is 34.6 Å². The van der Waals surface area contributed by atoms with Crippen molar-refractivity contribution in [2.24, 2.45) is 5.92 Å². The Hall–Kier alpha value is 0.310. The van der Waals surface area contributed by atoms with Crippen LogP contribution in [-0.2, 0) is 0 Å². The third kappa shape index (κ3) is 6.72. The molecule has 86 valence electrons.